The lowest BCUT2D eigenvalue weighted by Crippen LogP contribution is -2.24. The third kappa shape index (κ3) is 4.16. The molecule has 0 aliphatic carbocycles. The number of nitrogens with one attached hydrogen (secondary N) is 1. The van der Waals surface area contributed by atoms with E-state index in [-0.39, 0.29) is 23.9 Å². The molecule has 92 valence electrons. The van der Waals surface area contributed by atoms with Gasteiger partial charge in [-0.2, -0.15) is 0 Å². The molecule has 0 aliphatic rings. The van der Waals surface area contributed by atoms with E-state index in [1.807, 2.05) is 0 Å². The highest BCUT2D eigenvalue weighted by Gasteiger charge is 2.10. The first-order valence-electron chi connectivity index (χ1n) is 4.98. The van der Waals surface area contributed by atoms with Gasteiger partial charge in [0.25, 0.3) is 0 Å². The van der Waals surface area contributed by atoms with E-state index in [2.05, 4.69) is 21.2 Å². The van der Waals surface area contributed by atoms with Crippen LogP contribution in [0.4, 0.5) is 5.69 Å². The quantitative estimate of drug-likeness (QED) is 0.791. The number of halogens is 1. The summed E-state index contributed by atoms with van der Waals surface area (Å²) >= 11 is 3.20. The molecule has 0 aliphatic heterocycles. The van der Waals surface area contributed by atoms with Crippen LogP contribution in [-0.2, 0) is 4.79 Å². The van der Waals surface area contributed by atoms with Gasteiger partial charge in [-0.15, -0.1) is 0 Å². The summed E-state index contributed by atoms with van der Waals surface area (Å²) in [6.07, 6.45) is 0.215. The number of amides is 1. The fourth-order valence-electron chi connectivity index (χ4n) is 1.24. The minimum absolute atomic E-state index is 0.155. The van der Waals surface area contributed by atoms with Crippen LogP contribution in [0.15, 0.2) is 22.7 Å². The number of carbonyl (C=O) groups is 2. The van der Waals surface area contributed by atoms with E-state index < -0.39 is 5.97 Å². The van der Waals surface area contributed by atoms with Crippen molar-refractivity contribution in [1.29, 1.82) is 0 Å². The van der Waals surface area contributed by atoms with Crippen molar-refractivity contribution in [3.63, 3.8) is 0 Å². The number of rotatable bonds is 4. The minimum atomic E-state index is -1.01. The Kier molecular flexibility index (Phi) is 4.65. The summed E-state index contributed by atoms with van der Waals surface area (Å²) in [5, 5.41) is 11.4. The molecule has 0 fully saturated rings. The Labute approximate surface area is 107 Å². The minimum Gasteiger partial charge on any atom is -0.478 e. The van der Waals surface area contributed by atoms with Gasteiger partial charge in [0, 0.05) is 16.9 Å². The zero-order chi connectivity index (χ0) is 13.0. The molecule has 0 aromatic heterocycles. The van der Waals surface area contributed by atoms with Crippen LogP contribution in [-0.4, -0.2) is 23.0 Å². The summed E-state index contributed by atoms with van der Waals surface area (Å²) in [6, 6.07) is 4.18. The van der Waals surface area contributed by atoms with Crippen molar-refractivity contribution in [2.45, 2.75) is 19.4 Å². The van der Waals surface area contributed by atoms with E-state index in [9.17, 15) is 9.59 Å². The van der Waals surface area contributed by atoms with Gasteiger partial charge in [0.2, 0.25) is 5.91 Å². The second-order valence-corrected chi connectivity index (χ2v) is 4.58. The lowest BCUT2D eigenvalue weighted by atomic mass is 10.2. The van der Waals surface area contributed by atoms with Gasteiger partial charge in [0.05, 0.1) is 11.3 Å². The molecular weight excluding hydrogens is 288 g/mol. The number of anilines is 1. The predicted molar refractivity (Wildman–Crippen MR) is 68.0 cm³/mol. The Morgan fingerprint density at radius 1 is 1.53 bits per heavy atom. The molecule has 1 unspecified atom stereocenters. The van der Waals surface area contributed by atoms with Gasteiger partial charge < -0.3 is 16.2 Å². The smallest absolute Gasteiger partial charge is 0.335 e. The van der Waals surface area contributed by atoms with Gasteiger partial charge in [-0.1, -0.05) is 0 Å². The molecule has 1 atom stereocenters. The second-order valence-electron chi connectivity index (χ2n) is 3.73. The molecule has 1 aromatic rings. The van der Waals surface area contributed by atoms with Gasteiger partial charge in [0.15, 0.2) is 0 Å². The van der Waals surface area contributed by atoms with Crippen LogP contribution in [0.25, 0.3) is 0 Å². The summed E-state index contributed by atoms with van der Waals surface area (Å²) in [5.41, 5.74) is 6.18. The first-order valence-corrected chi connectivity index (χ1v) is 5.77. The van der Waals surface area contributed by atoms with E-state index >= 15 is 0 Å². The topological polar surface area (TPSA) is 92.4 Å². The molecule has 17 heavy (non-hydrogen) atoms. The Hall–Kier alpha value is -1.40. The molecule has 1 aromatic carbocycles. The highest BCUT2D eigenvalue weighted by atomic mass is 79.9. The highest BCUT2D eigenvalue weighted by molar-refractivity contribution is 9.10. The summed E-state index contributed by atoms with van der Waals surface area (Å²) in [5.74, 6) is -1.22. The predicted octanol–water partition coefficient (Wildman–Crippen LogP) is 1.82. The maximum absolute atomic E-state index is 11.5. The first-order chi connectivity index (χ1) is 7.90. The monoisotopic (exact) mass is 300 g/mol. The van der Waals surface area contributed by atoms with Crippen LogP contribution >= 0.6 is 15.9 Å². The van der Waals surface area contributed by atoms with Gasteiger partial charge in [0.1, 0.15) is 0 Å². The van der Waals surface area contributed by atoms with Crippen molar-refractivity contribution in [3.8, 4) is 0 Å². The van der Waals surface area contributed by atoms with Gasteiger partial charge >= 0.3 is 5.97 Å². The van der Waals surface area contributed by atoms with E-state index in [0.29, 0.717) is 10.2 Å². The molecule has 0 saturated carbocycles. The number of hydrogen-bond acceptors (Lipinski definition) is 3. The standard InChI is InChI=1S/C11H13BrN2O3/c1-6(13)4-10(15)14-9-3-2-7(11(16)17)5-8(9)12/h2-3,5-6H,4,13H2,1H3,(H,14,15)(H,16,17). The molecule has 1 amide bonds. The number of aromatic carboxylic acids is 1. The van der Waals surface area contributed by atoms with Crippen molar-refractivity contribution in [2.24, 2.45) is 5.73 Å². The molecule has 0 radical (unpaired) electrons. The van der Waals surface area contributed by atoms with Crippen molar-refractivity contribution in [3.05, 3.63) is 28.2 Å². The third-order valence-corrected chi connectivity index (χ3v) is 2.65. The average Bonchev–Trinajstić information content (AvgIpc) is 2.19. The number of carboxylic acids is 1. The number of carbonyl (C=O) groups excluding carboxylic acids is 1. The number of benzene rings is 1. The van der Waals surface area contributed by atoms with Crippen LogP contribution in [0.1, 0.15) is 23.7 Å². The summed E-state index contributed by atoms with van der Waals surface area (Å²) in [4.78, 5) is 22.2. The van der Waals surface area contributed by atoms with Gasteiger partial charge in [-0.05, 0) is 41.1 Å². The average molecular weight is 301 g/mol. The van der Waals surface area contributed by atoms with Crippen LogP contribution in [0.2, 0.25) is 0 Å². The zero-order valence-corrected chi connectivity index (χ0v) is 10.8. The molecular formula is C11H13BrN2O3. The van der Waals surface area contributed by atoms with Crippen LogP contribution in [0.5, 0.6) is 0 Å². The van der Waals surface area contributed by atoms with E-state index in [1.54, 1.807) is 6.92 Å². The summed E-state index contributed by atoms with van der Waals surface area (Å²) < 4.78 is 0.524. The first kappa shape index (κ1) is 13.7. The van der Waals surface area contributed by atoms with Crippen molar-refractivity contribution < 1.29 is 14.7 Å². The van der Waals surface area contributed by atoms with Gasteiger partial charge in [-0.3, -0.25) is 4.79 Å². The molecule has 0 spiro atoms. The number of nitrogens with two attached hydrogens (primary N) is 1. The zero-order valence-electron chi connectivity index (χ0n) is 9.24. The normalized spacial score (nSPS) is 11.9. The Morgan fingerprint density at radius 2 is 2.18 bits per heavy atom. The van der Waals surface area contributed by atoms with Crippen molar-refractivity contribution >= 4 is 33.5 Å². The van der Waals surface area contributed by atoms with E-state index in [1.165, 1.54) is 18.2 Å². The molecule has 0 heterocycles. The van der Waals surface area contributed by atoms with Crippen LogP contribution in [0, 0.1) is 0 Å². The Bertz CT molecular complexity index is 446. The fourth-order valence-corrected chi connectivity index (χ4v) is 1.72. The second kappa shape index (κ2) is 5.79. The highest BCUT2D eigenvalue weighted by Crippen LogP contribution is 2.23. The SMILES string of the molecule is CC(N)CC(=O)Nc1ccc(C(=O)O)cc1Br. The summed E-state index contributed by atoms with van der Waals surface area (Å²) in [6.45, 7) is 1.74. The fraction of sp³-hybridized carbons (Fsp3) is 0.273. The van der Waals surface area contributed by atoms with Crippen molar-refractivity contribution in [2.75, 3.05) is 5.32 Å². The molecule has 5 nitrogen and oxygen atoms in total. The lowest BCUT2D eigenvalue weighted by molar-refractivity contribution is -0.116. The molecule has 0 bridgehead atoms. The van der Waals surface area contributed by atoms with E-state index in [4.69, 9.17) is 10.8 Å². The lowest BCUT2D eigenvalue weighted by Gasteiger charge is -2.09. The van der Waals surface area contributed by atoms with Crippen LogP contribution < -0.4 is 11.1 Å². The molecule has 4 N–H and O–H groups in total. The molecule has 0 saturated heterocycles. The third-order valence-electron chi connectivity index (χ3n) is 2.00. The largest absolute Gasteiger partial charge is 0.478 e. The van der Waals surface area contributed by atoms with E-state index in [0.717, 1.165) is 0 Å². The number of hydrogen-bond donors (Lipinski definition) is 3. The van der Waals surface area contributed by atoms with Crippen LogP contribution in [0.3, 0.4) is 0 Å². The number of carboxylic acid groups (broad SMARTS) is 1. The van der Waals surface area contributed by atoms with Gasteiger partial charge in [-0.25, -0.2) is 4.79 Å². The Balaban J connectivity index is 2.79. The maximum Gasteiger partial charge on any atom is 0.335 e. The van der Waals surface area contributed by atoms with Crippen molar-refractivity contribution in [1.82, 2.24) is 0 Å². The maximum atomic E-state index is 11.5. The Morgan fingerprint density at radius 3 is 2.65 bits per heavy atom. The summed E-state index contributed by atoms with van der Waals surface area (Å²) in [7, 11) is 0. The molecule has 1 rings (SSSR count). The molecule has 6 heteroatoms.